The van der Waals surface area contributed by atoms with Crippen LogP contribution in [0.3, 0.4) is 0 Å². The lowest BCUT2D eigenvalue weighted by molar-refractivity contribution is -0.155. The Labute approximate surface area is 346 Å². The quantitative estimate of drug-likeness (QED) is 0.155. The average molecular weight is 835 g/mol. The predicted octanol–water partition coefficient (Wildman–Crippen LogP) is 5.39. The number of esters is 1. The lowest BCUT2D eigenvalue weighted by Gasteiger charge is -2.29. The number of aromatic nitrogens is 2. The molecule has 5 aliphatic rings. The third-order valence-corrected chi connectivity index (χ3v) is 14.9. The summed E-state index contributed by atoms with van der Waals surface area (Å²) in [5.74, 6) is -2.39. The molecule has 2 aliphatic heterocycles. The summed E-state index contributed by atoms with van der Waals surface area (Å²) in [6, 6.07) is 2.25. The number of Topliss-reactive ketones (excluding diaryl/α,β-unsaturated/α-hetero) is 1. The average Bonchev–Trinajstić information content (AvgIpc) is 4.11. The molecule has 4 fully saturated rings. The number of hydrogen-bond acceptors (Lipinski definition) is 11. The number of nitrogens with zero attached hydrogens (tertiary/aromatic N) is 3. The third kappa shape index (κ3) is 9.44. The van der Waals surface area contributed by atoms with Crippen LogP contribution in [0.4, 0.5) is 0 Å². The van der Waals surface area contributed by atoms with E-state index in [2.05, 4.69) is 18.2 Å². The normalized spacial score (nSPS) is 29.3. The van der Waals surface area contributed by atoms with Crippen LogP contribution in [0.1, 0.15) is 115 Å². The Hall–Kier alpha value is -4.53. The molecule has 7 atom stereocenters. The first kappa shape index (κ1) is 42.6. The van der Waals surface area contributed by atoms with Crippen molar-refractivity contribution in [3.63, 3.8) is 0 Å². The number of pyridine rings is 1. The van der Waals surface area contributed by atoms with Crippen molar-refractivity contribution in [1.82, 2.24) is 19.0 Å². The number of rotatable bonds is 13. The summed E-state index contributed by atoms with van der Waals surface area (Å²) in [4.78, 5) is 77.1. The van der Waals surface area contributed by atoms with Crippen LogP contribution in [0.25, 0.3) is 5.65 Å². The number of unbranched alkanes of at least 4 members (excludes halogenated alkanes) is 3. The predicted molar refractivity (Wildman–Crippen MR) is 219 cm³/mol. The van der Waals surface area contributed by atoms with Crippen molar-refractivity contribution >= 4 is 39.2 Å². The Balaban J connectivity index is 1.24. The fourth-order valence-electron chi connectivity index (χ4n) is 9.33. The number of nitrogens with one attached hydrogen (secondary N) is 1. The second kappa shape index (κ2) is 18.0. The minimum absolute atomic E-state index is 0.0327. The molecule has 1 N–H and O–H groups in total. The molecule has 2 aromatic heterocycles. The topological polar surface area (TPSA) is 180 Å². The second-order valence-electron chi connectivity index (χ2n) is 17.2. The number of hydrogen-bond donors (Lipinski definition) is 1. The molecule has 0 spiro atoms. The van der Waals surface area contributed by atoms with Crippen molar-refractivity contribution in [2.45, 2.75) is 140 Å². The maximum absolute atomic E-state index is 14.8. The first-order chi connectivity index (χ1) is 28.4. The van der Waals surface area contributed by atoms with Crippen LogP contribution in [-0.2, 0) is 40.4 Å². The van der Waals surface area contributed by atoms with Gasteiger partial charge in [0.2, 0.25) is 27.7 Å². The van der Waals surface area contributed by atoms with Gasteiger partial charge in [0.25, 0.3) is 5.56 Å². The van der Waals surface area contributed by atoms with Gasteiger partial charge in [-0.15, -0.1) is 6.58 Å². The van der Waals surface area contributed by atoms with Gasteiger partial charge < -0.3 is 19.1 Å². The molecule has 1 saturated heterocycles. The van der Waals surface area contributed by atoms with Crippen LogP contribution < -0.4 is 19.8 Å². The van der Waals surface area contributed by atoms with Gasteiger partial charge in [0.1, 0.15) is 23.6 Å². The van der Waals surface area contributed by atoms with Gasteiger partial charge in [-0.2, -0.15) is 4.98 Å². The first-order valence-electron chi connectivity index (χ1n) is 21.5. The summed E-state index contributed by atoms with van der Waals surface area (Å²) >= 11 is 0. The van der Waals surface area contributed by atoms with Gasteiger partial charge in [-0.1, -0.05) is 50.8 Å². The van der Waals surface area contributed by atoms with Crippen LogP contribution in [0.5, 0.6) is 11.6 Å². The van der Waals surface area contributed by atoms with Crippen LogP contribution >= 0.6 is 0 Å². The fraction of sp³-hybridized carbons (Fsp3) is 0.636. The standard InChI is InChI=1S/C44H58N4O10S/c1-4-6-7-9-14-29-22-39(50)58-37-17-12-15-28(37)13-10-8-11-16-34-40(45-38-24-31(56-3)20-21-47(38)42(34)52)57-32-23-35(48(27-32)41(29)51)36(49)26-44(25-30(44)5-2)43(53)46-59(54,55)33-18-19-33/h5,8,11,20-21,24,28-30,32-33,35,37H,2,4,6-7,9-10,12-19,22-23,25-27H2,1,3H3,(H,46,53)/b11-8+/t28-,29-,30-,32-,35+,37-,44-/m1/s1. The highest BCUT2D eigenvalue weighted by Gasteiger charge is 2.61. The summed E-state index contributed by atoms with van der Waals surface area (Å²) in [6.45, 7) is 5.91. The number of amides is 2. The molecule has 2 amide bonds. The molecule has 2 aromatic rings. The molecule has 0 unspecified atom stereocenters. The Morgan fingerprint density at radius 3 is 2.63 bits per heavy atom. The van der Waals surface area contributed by atoms with Crippen LogP contribution in [0.15, 0.2) is 47.9 Å². The van der Waals surface area contributed by atoms with Gasteiger partial charge in [-0.3, -0.25) is 33.1 Å². The van der Waals surface area contributed by atoms with Crippen LogP contribution in [-0.4, -0.2) is 83.4 Å². The van der Waals surface area contributed by atoms with E-state index >= 15 is 0 Å². The van der Waals surface area contributed by atoms with E-state index in [-0.39, 0.29) is 68.0 Å². The summed E-state index contributed by atoms with van der Waals surface area (Å²) in [5, 5.41) is -0.627. The summed E-state index contributed by atoms with van der Waals surface area (Å²) in [6.07, 6.45) is 15.2. The molecule has 320 valence electrons. The third-order valence-electron chi connectivity index (χ3n) is 13.1. The van der Waals surface area contributed by atoms with Crippen molar-refractivity contribution in [3.05, 3.63) is 59.1 Å². The van der Waals surface area contributed by atoms with E-state index in [1.54, 1.807) is 24.4 Å². The van der Waals surface area contributed by atoms with Crippen molar-refractivity contribution in [2.24, 2.45) is 23.2 Å². The summed E-state index contributed by atoms with van der Waals surface area (Å²) in [7, 11) is -2.36. The zero-order valence-electron chi connectivity index (χ0n) is 34.3. The number of carbonyl (C=O) groups is 4. The van der Waals surface area contributed by atoms with Crippen LogP contribution in [0.2, 0.25) is 0 Å². The fourth-order valence-corrected chi connectivity index (χ4v) is 10.7. The first-order valence-corrected chi connectivity index (χ1v) is 23.0. The van der Waals surface area contributed by atoms with Gasteiger partial charge in [0.15, 0.2) is 5.78 Å². The molecule has 0 radical (unpaired) electrons. The second-order valence-corrected chi connectivity index (χ2v) is 19.2. The molecule has 2 bridgehead atoms. The van der Waals surface area contributed by atoms with Gasteiger partial charge in [-0.25, -0.2) is 8.42 Å². The molecule has 15 heteroatoms. The number of ketones is 1. The molecule has 0 aromatic carbocycles. The lowest BCUT2D eigenvalue weighted by Crippen LogP contribution is -2.46. The van der Waals surface area contributed by atoms with E-state index in [0.29, 0.717) is 42.6 Å². The summed E-state index contributed by atoms with van der Waals surface area (Å²) < 4.78 is 47.4. The van der Waals surface area contributed by atoms with Crippen molar-refractivity contribution in [1.29, 1.82) is 0 Å². The minimum atomic E-state index is -3.88. The van der Waals surface area contributed by atoms with E-state index in [0.717, 1.165) is 51.4 Å². The molecule has 14 nitrogen and oxygen atoms in total. The maximum Gasteiger partial charge on any atom is 0.306 e. The van der Waals surface area contributed by atoms with Crippen molar-refractivity contribution < 1.29 is 41.8 Å². The Bertz CT molecular complexity index is 2150. The van der Waals surface area contributed by atoms with E-state index in [1.165, 1.54) is 16.4 Å². The number of sulfonamides is 1. The van der Waals surface area contributed by atoms with E-state index in [1.807, 2.05) is 12.2 Å². The molecule has 3 aliphatic carbocycles. The largest absolute Gasteiger partial charge is 0.497 e. The Morgan fingerprint density at radius 1 is 1.08 bits per heavy atom. The van der Waals surface area contributed by atoms with Crippen molar-refractivity contribution in [3.8, 4) is 11.6 Å². The zero-order valence-corrected chi connectivity index (χ0v) is 35.1. The van der Waals surface area contributed by atoms with Gasteiger partial charge in [0, 0.05) is 37.4 Å². The number of fused-ring (bicyclic) bond motifs is 5. The smallest absolute Gasteiger partial charge is 0.306 e. The number of allylic oxidation sites excluding steroid dienone is 3. The molecule has 4 heterocycles. The molecule has 59 heavy (non-hydrogen) atoms. The lowest BCUT2D eigenvalue weighted by atomic mass is 9.90. The highest BCUT2D eigenvalue weighted by molar-refractivity contribution is 7.90. The molecular formula is C44H58N4O10S. The Morgan fingerprint density at radius 2 is 1.90 bits per heavy atom. The highest BCUT2D eigenvalue weighted by atomic mass is 32.2. The van der Waals surface area contributed by atoms with Gasteiger partial charge >= 0.3 is 5.97 Å². The molecular weight excluding hydrogens is 777 g/mol. The number of carbonyl (C=O) groups excluding carboxylic acids is 4. The number of ether oxygens (including phenoxy) is 3. The molecule has 7 rings (SSSR count). The highest BCUT2D eigenvalue weighted by Crippen LogP contribution is 2.57. The van der Waals surface area contributed by atoms with Gasteiger partial charge in [-0.05, 0) is 75.7 Å². The summed E-state index contributed by atoms with van der Waals surface area (Å²) in [5.41, 5.74) is -1.03. The van der Waals surface area contributed by atoms with E-state index in [9.17, 15) is 32.4 Å². The SMILES string of the molecule is C=C[C@@H]1C[C@]1(CC(=O)[C@@H]1C[C@@H]2CN1C(=O)[C@H](CCCCCC)CC(=O)O[C@@H]1CCC[C@H]1CC/C=C/Cc1c(nc3cc(OC)ccn3c1=O)O2)C(=O)NS(=O)(=O)C1CC1. The maximum atomic E-state index is 14.8. The Kier molecular flexibility index (Phi) is 13.0. The van der Waals surface area contributed by atoms with Crippen LogP contribution in [0, 0.1) is 23.2 Å². The van der Waals surface area contributed by atoms with Crippen molar-refractivity contribution in [2.75, 3.05) is 13.7 Å². The number of methoxy groups -OCH3 is 1. The van der Waals surface area contributed by atoms with E-state index < -0.39 is 62.3 Å². The molecule has 3 saturated carbocycles. The monoisotopic (exact) mass is 834 g/mol. The van der Waals surface area contributed by atoms with E-state index in [4.69, 9.17) is 19.2 Å². The van der Waals surface area contributed by atoms with Gasteiger partial charge in [0.05, 0.1) is 42.3 Å². The zero-order chi connectivity index (χ0) is 41.9. The minimum Gasteiger partial charge on any atom is -0.497 e.